The number of fused-ring (bicyclic) bond motifs is 8. The molecule has 2 aliphatic carbocycles. The highest BCUT2D eigenvalue weighted by Gasteiger charge is 2.18. The van der Waals surface area contributed by atoms with Gasteiger partial charge >= 0.3 is 0 Å². The van der Waals surface area contributed by atoms with Gasteiger partial charge < -0.3 is 4.42 Å². The lowest BCUT2D eigenvalue weighted by Gasteiger charge is -2.15. The molecule has 0 saturated heterocycles. The first-order valence-corrected chi connectivity index (χ1v) is 16.8. The van der Waals surface area contributed by atoms with E-state index >= 15 is 0 Å². The van der Waals surface area contributed by atoms with Crippen LogP contribution in [0.3, 0.4) is 0 Å². The fourth-order valence-corrected chi connectivity index (χ4v) is 8.54. The van der Waals surface area contributed by atoms with Gasteiger partial charge in [0.05, 0.1) is 11.2 Å². The molecule has 0 radical (unpaired) electrons. The van der Waals surface area contributed by atoms with Crippen LogP contribution in [0.1, 0.15) is 34.4 Å². The zero-order valence-corrected chi connectivity index (χ0v) is 25.9. The molecular formula is C42H28N2OS. The normalized spacial score (nSPS) is 14.0. The molecule has 0 unspecified atom stereocenters. The molecule has 218 valence electrons. The Morgan fingerprint density at radius 3 is 2.35 bits per heavy atom. The number of benzene rings is 5. The van der Waals surface area contributed by atoms with Gasteiger partial charge in [-0.25, -0.2) is 9.97 Å². The molecule has 0 bridgehead atoms. The molecule has 3 nitrogen and oxygen atoms in total. The Hall–Kier alpha value is -5.32. The van der Waals surface area contributed by atoms with Crippen molar-refractivity contribution < 1.29 is 4.42 Å². The molecule has 46 heavy (non-hydrogen) atoms. The van der Waals surface area contributed by atoms with Crippen molar-refractivity contribution in [1.82, 2.24) is 9.97 Å². The van der Waals surface area contributed by atoms with Gasteiger partial charge in [-0.3, -0.25) is 0 Å². The Balaban J connectivity index is 1.10. The number of hydrogen-bond acceptors (Lipinski definition) is 4. The standard InChI is InChI=1S/C42H28N2OS/c1-2-10-29-25(8-1)9-7-13-30(29)26-16-19-31-32-20-17-28(24-38(32)45-37(31)23-26)42-43-36-14-5-3-12-34(36)41(44-42)27-18-21-40-35(22-27)33-11-4-6-15-39(33)46-40/h1,3-5,7-9,11-14,16-24H,2,6,10,15H2. The molecule has 3 heterocycles. The van der Waals surface area contributed by atoms with E-state index in [-0.39, 0.29) is 0 Å². The third-order valence-electron chi connectivity index (χ3n) is 9.62. The molecule has 0 N–H and O–H groups in total. The van der Waals surface area contributed by atoms with Crippen molar-refractivity contribution in [2.24, 2.45) is 0 Å². The van der Waals surface area contributed by atoms with Gasteiger partial charge in [0, 0.05) is 42.2 Å². The second kappa shape index (κ2) is 10.1. The number of thiophene rings is 1. The second-order valence-electron chi connectivity index (χ2n) is 12.3. The quantitative estimate of drug-likeness (QED) is 0.200. The van der Waals surface area contributed by atoms with Crippen LogP contribution in [0, 0.1) is 0 Å². The third kappa shape index (κ3) is 4.03. The fourth-order valence-electron chi connectivity index (χ4n) is 7.36. The van der Waals surface area contributed by atoms with Crippen molar-refractivity contribution in [3.8, 4) is 33.8 Å². The lowest BCUT2D eigenvalue weighted by atomic mass is 9.89. The molecule has 0 fully saturated rings. The van der Waals surface area contributed by atoms with Gasteiger partial charge in [0.15, 0.2) is 5.82 Å². The van der Waals surface area contributed by atoms with Crippen molar-refractivity contribution in [1.29, 1.82) is 0 Å². The van der Waals surface area contributed by atoms with Crippen LogP contribution in [0.4, 0.5) is 0 Å². The fraction of sp³-hybridized carbons (Fsp3) is 0.0952. The van der Waals surface area contributed by atoms with Crippen molar-refractivity contribution in [3.05, 3.63) is 131 Å². The molecule has 8 aromatic rings. The SMILES string of the molecule is C1=Cc2c(sc3ccc(-c4nc(-c5ccc6c(c5)oc5cc(-c7cccc8c7CCC=C8)ccc56)nc5ccccc45)cc23)CC1. The highest BCUT2D eigenvalue weighted by atomic mass is 32.1. The molecule has 0 aliphatic heterocycles. The van der Waals surface area contributed by atoms with Gasteiger partial charge in [-0.15, -0.1) is 11.3 Å². The summed E-state index contributed by atoms with van der Waals surface area (Å²) in [6, 6.07) is 34.7. The molecule has 0 atom stereocenters. The number of aromatic nitrogens is 2. The minimum atomic E-state index is 0.702. The predicted octanol–water partition coefficient (Wildman–Crippen LogP) is 11.7. The average Bonchev–Trinajstić information content (AvgIpc) is 3.68. The number of hydrogen-bond donors (Lipinski definition) is 0. The monoisotopic (exact) mass is 608 g/mol. The van der Waals surface area contributed by atoms with Gasteiger partial charge in [0.1, 0.15) is 11.2 Å². The lowest BCUT2D eigenvalue weighted by Crippen LogP contribution is -1.97. The Morgan fingerprint density at radius 1 is 0.609 bits per heavy atom. The first-order chi connectivity index (χ1) is 22.8. The van der Waals surface area contributed by atoms with E-state index in [0.717, 1.165) is 75.3 Å². The summed E-state index contributed by atoms with van der Waals surface area (Å²) >= 11 is 1.92. The Morgan fingerprint density at radius 2 is 1.41 bits per heavy atom. The highest BCUT2D eigenvalue weighted by Crippen LogP contribution is 2.40. The summed E-state index contributed by atoms with van der Waals surface area (Å²) in [5.74, 6) is 0.702. The number of aryl methyl sites for hydroxylation is 1. The summed E-state index contributed by atoms with van der Waals surface area (Å²) in [6.45, 7) is 0. The molecule has 10 rings (SSSR count). The van der Waals surface area contributed by atoms with Crippen molar-refractivity contribution in [3.63, 3.8) is 0 Å². The van der Waals surface area contributed by atoms with Crippen LogP contribution in [0.25, 0.3) is 88.9 Å². The zero-order valence-electron chi connectivity index (χ0n) is 25.1. The molecule has 0 saturated carbocycles. The topological polar surface area (TPSA) is 38.9 Å². The first-order valence-electron chi connectivity index (χ1n) is 16.0. The van der Waals surface area contributed by atoms with E-state index in [1.54, 1.807) is 0 Å². The van der Waals surface area contributed by atoms with E-state index in [0.29, 0.717) is 5.82 Å². The average molecular weight is 609 g/mol. The Labute approximate surface area is 270 Å². The maximum absolute atomic E-state index is 6.54. The summed E-state index contributed by atoms with van der Waals surface area (Å²) in [5, 5.41) is 4.59. The summed E-state index contributed by atoms with van der Waals surface area (Å²) in [5.41, 5.74) is 12.3. The highest BCUT2D eigenvalue weighted by molar-refractivity contribution is 7.19. The molecule has 0 spiro atoms. The van der Waals surface area contributed by atoms with Gasteiger partial charge in [-0.05, 0) is 96.0 Å². The van der Waals surface area contributed by atoms with Crippen LogP contribution in [0.15, 0.2) is 114 Å². The summed E-state index contributed by atoms with van der Waals surface area (Å²) in [6.07, 6.45) is 13.5. The van der Waals surface area contributed by atoms with E-state index < -0.39 is 0 Å². The molecule has 5 aromatic carbocycles. The summed E-state index contributed by atoms with van der Waals surface area (Å²) < 4.78 is 7.88. The summed E-state index contributed by atoms with van der Waals surface area (Å²) in [7, 11) is 0. The van der Waals surface area contributed by atoms with Gasteiger partial charge in [-0.1, -0.05) is 78.9 Å². The Bertz CT molecular complexity index is 2600. The predicted molar refractivity (Wildman–Crippen MR) is 193 cm³/mol. The van der Waals surface area contributed by atoms with Crippen molar-refractivity contribution in [2.75, 3.05) is 0 Å². The molecule has 2 aliphatic rings. The van der Waals surface area contributed by atoms with Crippen LogP contribution in [-0.2, 0) is 12.8 Å². The number of nitrogens with zero attached hydrogens (tertiary/aromatic N) is 2. The van der Waals surface area contributed by atoms with Gasteiger partial charge in [0.25, 0.3) is 0 Å². The van der Waals surface area contributed by atoms with E-state index in [9.17, 15) is 0 Å². The van der Waals surface area contributed by atoms with Crippen LogP contribution in [0.2, 0.25) is 0 Å². The number of para-hydroxylation sites is 1. The van der Waals surface area contributed by atoms with E-state index in [2.05, 4.69) is 115 Å². The van der Waals surface area contributed by atoms with Gasteiger partial charge in [0.2, 0.25) is 0 Å². The van der Waals surface area contributed by atoms with Crippen LogP contribution in [0.5, 0.6) is 0 Å². The molecular weight excluding hydrogens is 581 g/mol. The van der Waals surface area contributed by atoms with Crippen molar-refractivity contribution in [2.45, 2.75) is 25.7 Å². The number of furan rings is 1. The minimum absolute atomic E-state index is 0.702. The smallest absolute Gasteiger partial charge is 0.160 e. The first kappa shape index (κ1) is 26.0. The molecule has 4 heteroatoms. The van der Waals surface area contributed by atoms with Crippen LogP contribution >= 0.6 is 11.3 Å². The summed E-state index contributed by atoms with van der Waals surface area (Å²) in [4.78, 5) is 11.8. The second-order valence-corrected chi connectivity index (χ2v) is 13.5. The van der Waals surface area contributed by atoms with E-state index in [1.165, 1.54) is 42.8 Å². The van der Waals surface area contributed by atoms with Crippen molar-refractivity contribution >= 4 is 66.4 Å². The lowest BCUT2D eigenvalue weighted by molar-refractivity contribution is 0.669. The van der Waals surface area contributed by atoms with Crippen LogP contribution in [-0.4, -0.2) is 9.97 Å². The number of rotatable bonds is 3. The third-order valence-corrected chi connectivity index (χ3v) is 10.9. The van der Waals surface area contributed by atoms with E-state index in [1.807, 2.05) is 17.4 Å². The maximum Gasteiger partial charge on any atom is 0.160 e. The minimum Gasteiger partial charge on any atom is -0.456 e. The molecule has 3 aromatic heterocycles. The van der Waals surface area contributed by atoms with Gasteiger partial charge in [-0.2, -0.15) is 0 Å². The maximum atomic E-state index is 6.54. The molecule has 0 amide bonds. The largest absolute Gasteiger partial charge is 0.456 e. The number of allylic oxidation sites excluding steroid dienone is 2. The Kier molecular flexibility index (Phi) is 5.70. The van der Waals surface area contributed by atoms with E-state index in [4.69, 9.17) is 14.4 Å². The zero-order chi connectivity index (χ0) is 30.2. The van der Waals surface area contributed by atoms with Crippen LogP contribution < -0.4 is 0 Å².